The summed E-state index contributed by atoms with van der Waals surface area (Å²) in [5, 5.41) is 5.11. The smallest absolute Gasteiger partial charge is 0.340 e. The van der Waals surface area contributed by atoms with Gasteiger partial charge in [0.25, 0.3) is 0 Å². The number of esters is 1. The Bertz CT molecular complexity index is 783. The van der Waals surface area contributed by atoms with Crippen LogP contribution in [0.1, 0.15) is 10.4 Å². The average molecular weight is 389 g/mol. The molecule has 1 aromatic heterocycles. The fourth-order valence-electron chi connectivity index (χ4n) is 3.00. The molecule has 0 bridgehead atoms. The summed E-state index contributed by atoms with van der Waals surface area (Å²) in [6.45, 7) is 3.61. The van der Waals surface area contributed by atoms with Gasteiger partial charge in [0, 0.05) is 31.9 Å². The van der Waals surface area contributed by atoms with Crippen molar-refractivity contribution in [1.29, 1.82) is 0 Å². The van der Waals surface area contributed by atoms with Crippen LogP contribution in [0.2, 0.25) is 0 Å². The minimum absolute atomic E-state index is 0.125. The lowest BCUT2D eigenvalue weighted by atomic mass is 10.2. The molecular weight excluding hydrogens is 366 g/mol. The molecule has 1 aromatic carbocycles. The number of piperazine rings is 1. The number of carbonyl (C=O) groups excluding carboxylic acids is 2. The highest BCUT2D eigenvalue weighted by atomic mass is 32.1. The van der Waals surface area contributed by atoms with Crippen LogP contribution in [-0.2, 0) is 9.53 Å². The van der Waals surface area contributed by atoms with E-state index >= 15 is 0 Å². The average Bonchev–Trinajstić information content (AvgIpc) is 3.16. The number of anilines is 2. The van der Waals surface area contributed by atoms with Crippen molar-refractivity contribution in [2.75, 3.05) is 57.2 Å². The van der Waals surface area contributed by atoms with Gasteiger partial charge in [-0.1, -0.05) is 0 Å². The molecule has 2 aromatic rings. The molecule has 0 saturated carbocycles. The van der Waals surface area contributed by atoms with Crippen LogP contribution in [0, 0.1) is 0 Å². The fourth-order valence-corrected chi connectivity index (χ4v) is 3.79. The molecule has 1 aliphatic heterocycles. The van der Waals surface area contributed by atoms with Gasteiger partial charge in [0.05, 0.1) is 26.3 Å². The lowest BCUT2D eigenvalue weighted by Gasteiger charge is -2.35. The maximum Gasteiger partial charge on any atom is 0.340 e. The third kappa shape index (κ3) is 4.78. The van der Waals surface area contributed by atoms with E-state index in [9.17, 15) is 9.59 Å². The number of rotatable bonds is 6. The zero-order chi connectivity index (χ0) is 19.2. The standard InChI is InChI=1S/C19H23N3O4S/c1-25-15-5-3-14(4-6-15)22-10-8-21(9-11-22)13-17(23)20-18-16(7-12-27-18)19(24)26-2/h3-7,12H,8-11,13H2,1-2H3,(H,20,23). The third-order valence-electron chi connectivity index (χ3n) is 4.50. The van der Waals surface area contributed by atoms with Gasteiger partial charge in [-0.25, -0.2) is 4.79 Å². The third-order valence-corrected chi connectivity index (χ3v) is 5.33. The van der Waals surface area contributed by atoms with Crippen molar-refractivity contribution in [2.45, 2.75) is 0 Å². The van der Waals surface area contributed by atoms with Crippen LogP contribution in [-0.4, -0.2) is 63.7 Å². The van der Waals surface area contributed by atoms with Crippen LogP contribution in [0.3, 0.4) is 0 Å². The molecule has 0 atom stereocenters. The molecular formula is C19H23N3O4S. The Balaban J connectivity index is 1.49. The molecule has 0 radical (unpaired) electrons. The van der Waals surface area contributed by atoms with E-state index in [1.807, 2.05) is 24.3 Å². The van der Waals surface area contributed by atoms with Crippen LogP contribution in [0.25, 0.3) is 0 Å². The Morgan fingerprint density at radius 1 is 1.07 bits per heavy atom. The number of ether oxygens (including phenoxy) is 2. The SMILES string of the molecule is COC(=O)c1ccsc1NC(=O)CN1CCN(c2ccc(OC)cc2)CC1. The molecule has 7 nitrogen and oxygen atoms in total. The molecule has 1 saturated heterocycles. The van der Waals surface area contributed by atoms with Gasteiger partial charge in [0.2, 0.25) is 5.91 Å². The number of hydrogen-bond acceptors (Lipinski definition) is 7. The summed E-state index contributed by atoms with van der Waals surface area (Å²) in [7, 11) is 2.98. The van der Waals surface area contributed by atoms with Gasteiger partial charge >= 0.3 is 5.97 Å². The Kier molecular flexibility index (Phi) is 6.31. The van der Waals surface area contributed by atoms with E-state index < -0.39 is 5.97 Å². The van der Waals surface area contributed by atoms with Crippen molar-refractivity contribution >= 4 is 33.9 Å². The first-order chi connectivity index (χ1) is 13.1. The first kappa shape index (κ1) is 19.2. The zero-order valence-electron chi connectivity index (χ0n) is 15.4. The number of nitrogens with zero attached hydrogens (tertiary/aromatic N) is 2. The first-order valence-corrected chi connectivity index (χ1v) is 9.55. The number of thiophene rings is 1. The Hall–Kier alpha value is -2.58. The summed E-state index contributed by atoms with van der Waals surface area (Å²) in [5.41, 5.74) is 1.54. The second kappa shape index (κ2) is 8.88. The number of benzene rings is 1. The highest BCUT2D eigenvalue weighted by Crippen LogP contribution is 2.24. The molecule has 27 heavy (non-hydrogen) atoms. The van der Waals surface area contributed by atoms with E-state index in [-0.39, 0.29) is 5.91 Å². The van der Waals surface area contributed by atoms with Crippen molar-refractivity contribution in [3.8, 4) is 5.75 Å². The topological polar surface area (TPSA) is 71.1 Å². The molecule has 3 rings (SSSR count). The van der Waals surface area contributed by atoms with Gasteiger partial charge in [-0.3, -0.25) is 9.69 Å². The molecule has 1 aliphatic rings. The Labute approximate surface area is 162 Å². The molecule has 1 N–H and O–H groups in total. The number of nitrogens with one attached hydrogen (secondary N) is 1. The van der Waals surface area contributed by atoms with Crippen LogP contribution in [0.4, 0.5) is 10.7 Å². The minimum atomic E-state index is -0.445. The van der Waals surface area contributed by atoms with Crippen molar-refractivity contribution < 1.29 is 19.1 Å². The van der Waals surface area contributed by atoms with E-state index in [1.54, 1.807) is 18.6 Å². The quantitative estimate of drug-likeness (QED) is 0.765. The summed E-state index contributed by atoms with van der Waals surface area (Å²) in [5.74, 6) is 0.272. The second-order valence-corrected chi connectivity index (χ2v) is 7.08. The van der Waals surface area contributed by atoms with Crippen LogP contribution >= 0.6 is 11.3 Å². The van der Waals surface area contributed by atoms with Gasteiger partial charge in [0.15, 0.2) is 0 Å². The predicted molar refractivity (Wildman–Crippen MR) is 106 cm³/mol. The molecule has 8 heteroatoms. The zero-order valence-corrected chi connectivity index (χ0v) is 16.3. The van der Waals surface area contributed by atoms with Gasteiger partial charge in [-0.05, 0) is 35.7 Å². The van der Waals surface area contributed by atoms with E-state index in [0.717, 1.165) is 37.6 Å². The highest BCUT2D eigenvalue weighted by Gasteiger charge is 2.21. The highest BCUT2D eigenvalue weighted by molar-refractivity contribution is 7.14. The molecule has 1 amide bonds. The normalized spacial score (nSPS) is 14.7. The van der Waals surface area contributed by atoms with Gasteiger partial charge in [0.1, 0.15) is 10.8 Å². The summed E-state index contributed by atoms with van der Waals surface area (Å²) >= 11 is 1.31. The van der Waals surface area contributed by atoms with E-state index in [0.29, 0.717) is 17.1 Å². The molecule has 0 aliphatic carbocycles. The van der Waals surface area contributed by atoms with E-state index in [4.69, 9.17) is 9.47 Å². The van der Waals surface area contributed by atoms with Crippen molar-refractivity contribution in [2.24, 2.45) is 0 Å². The molecule has 0 unspecified atom stereocenters. The van der Waals surface area contributed by atoms with Gasteiger partial charge in [-0.15, -0.1) is 11.3 Å². The molecule has 144 valence electrons. The number of hydrogen-bond donors (Lipinski definition) is 1. The molecule has 2 heterocycles. The van der Waals surface area contributed by atoms with Crippen LogP contribution < -0.4 is 15.0 Å². The number of methoxy groups -OCH3 is 2. The van der Waals surface area contributed by atoms with Crippen LogP contribution in [0.15, 0.2) is 35.7 Å². The summed E-state index contributed by atoms with van der Waals surface area (Å²) in [4.78, 5) is 28.4. The van der Waals surface area contributed by atoms with E-state index in [2.05, 4.69) is 15.1 Å². The van der Waals surface area contributed by atoms with Gasteiger partial charge in [-0.2, -0.15) is 0 Å². The van der Waals surface area contributed by atoms with Crippen LogP contribution in [0.5, 0.6) is 5.75 Å². The summed E-state index contributed by atoms with van der Waals surface area (Å²) in [6.07, 6.45) is 0. The number of carbonyl (C=O) groups is 2. The Morgan fingerprint density at radius 2 is 1.78 bits per heavy atom. The van der Waals surface area contributed by atoms with Crippen molar-refractivity contribution in [3.63, 3.8) is 0 Å². The van der Waals surface area contributed by atoms with Crippen molar-refractivity contribution in [1.82, 2.24) is 4.90 Å². The molecule has 0 spiro atoms. The van der Waals surface area contributed by atoms with E-state index in [1.165, 1.54) is 18.4 Å². The maximum absolute atomic E-state index is 12.3. The summed E-state index contributed by atoms with van der Waals surface area (Å²) in [6, 6.07) is 9.66. The Morgan fingerprint density at radius 3 is 2.41 bits per heavy atom. The minimum Gasteiger partial charge on any atom is -0.497 e. The summed E-state index contributed by atoms with van der Waals surface area (Å²) < 4.78 is 9.92. The maximum atomic E-state index is 12.3. The first-order valence-electron chi connectivity index (χ1n) is 8.67. The van der Waals surface area contributed by atoms with Gasteiger partial charge < -0.3 is 19.7 Å². The number of amides is 1. The lowest BCUT2D eigenvalue weighted by molar-refractivity contribution is -0.117. The fraction of sp³-hybridized carbons (Fsp3) is 0.368. The monoisotopic (exact) mass is 389 g/mol. The second-order valence-electron chi connectivity index (χ2n) is 6.16. The molecule has 1 fully saturated rings. The lowest BCUT2D eigenvalue weighted by Crippen LogP contribution is -2.48. The van der Waals surface area contributed by atoms with Crippen molar-refractivity contribution in [3.05, 3.63) is 41.3 Å². The predicted octanol–water partition coefficient (Wildman–Crippen LogP) is 2.30. The largest absolute Gasteiger partial charge is 0.497 e.